The number of carbonyl (C=O) groups excluding carboxylic acids is 1. The minimum Gasteiger partial charge on any atom is -0.454 e. The van der Waals surface area contributed by atoms with Crippen molar-refractivity contribution in [2.45, 2.75) is 6.54 Å². The molecule has 0 aliphatic carbocycles. The summed E-state index contributed by atoms with van der Waals surface area (Å²) in [7, 11) is 0. The van der Waals surface area contributed by atoms with Crippen LogP contribution in [-0.4, -0.2) is 48.9 Å². The number of hydrogen-bond donors (Lipinski definition) is 1. The Bertz CT molecular complexity index is 809. The van der Waals surface area contributed by atoms with Crippen LogP contribution in [0.2, 0.25) is 0 Å². The number of urea groups is 1. The number of para-hydroxylation sites is 1. The van der Waals surface area contributed by atoms with E-state index in [2.05, 4.69) is 10.3 Å². The van der Waals surface area contributed by atoms with E-state index in [1.807, 2.05) is 23.1 Å². The second-order valence-corrected chi connectivity index (χ2v) is 6.12. The monoisotopic (exact) mass is 358 g/mol. The highest BCUT2D eigenvalue weighted by atomic mass is 19.1. The number of pyridine rings is 1. The highest BCUT2D eigenvalue weighted by molar-refractivity contribution is 5.74. The summed E-state index contributed by atoms with van der Waals surface area (Å²) in [5.41, 5.74) is 1.67. The van der Waals surface area contributed by atoms with Crippen molar-refractivity contribution in [1.29, 1.82) is 0 Å². The molecular weight excluding hydrogens is 339 g/mol. The van der Waals surface area contributed by atoms with Gasteiger partial charge in [0.15, 0.2) is 11.5 Å². The molecular formula is C18H19FN4O3. The van der Waals surface area contributed by atoms with Gasteiger partial charge in [0.25, 0.3) is 0 Å². The molecule has 0 radical (unpaired) electrons. The third kappa shape index (κ3) is 3.35. The van der Waals surface area contributed by atoms with Crippen LogP contribution in [0.25, 0.3) is 0 Å². The molecule has 136 valence electrons. The molecule has 2 amide bonds. The molecule has 0 bridgehead atoms. The minimum absolute atomic E-state index is 0.123. The Morgan fingerprint density at radius 2 is 2.04 bits per heavy atom. The molecule has 2 aliphatic rings. The van der Waals surface area contributed by atoms with Gasteiger partial charge in [-0.25, -0.2) is 9.78 Å². The topological polar surface area (TPSA) is 66.9 Å². The molecule has 3 heterocycles. The van der Waals surface area contributed by atoms with E-state index in [0.29, 0.717) is 44.2 Å². The predicted molar refractivity (Wildman–Crippen MR) is 92.8 cm³/mol. The molecule has 8 heteroatoms. The van der Waals surface area contributed by atoms with Crippen molar-refractivity contribution in [3.8, 4) is 11.5 Å². The first kappa shape index (κ1) is 16.4. The van der Waals surface area contributed by atoms with Crippen LogP contribution in [-0.2, 0) is 6.54 Å². The van der Waals surface area contributed by atoms with Gasteiger partial charge in [0.1, 0.15) is 0 Å². The molecule has 1 N–H and O–H groups in total. The van der Waals surface area contributed by atoms with Crippen LogP contribution >= 0.6 is 0 Å². The van der Waals surface area contributed by atoms with Crippen molar-refractivity contribution >= 4 is 11.7 Å². The van der Waals surface area contributed by atoms with E-state index in [1.54, 1.807) is 11.0 Å². The van der Waals surface area contributed by atoms with Gasteiger partial charge in [0.2, 0.25) is 12.7 Å². The SMILES string of the molecule is O=C(NCc1cccc2c1OCO2)N1CCN(c2ccnc(F)c2)CC1. The molecule has 26 heavy (non-hydrogen) atoms. The Morgan fingerprint density at radius 3 is 2.85 bits per heavy atom. The first-order valence-electron chi connectivity index (χ1n) is 8.47. The molecule has 0 atom stereocenters. The van der Waals surface area contributed by atoms with Gasteiger partial charge in [0, 0.05) is 56.2 Å². The lowest BCUT2D eigenvalue weighted by atomic mass is 10.2. The Morgan fingerprint density at radius 1 is 1.19 bits per heavy atom. The Balaban J connectivity index is 1.31. The molecule has 7 nitrogen and oxygen atoms in total. The number of hydrogen-bond acceptors (Lipinski definition) is 5. The standard InChI is InChI=1S/C18H19FN4O3/c19-16-10-14(4-5-20-16)22-6-8-23(9-7-22)18(24)21-11-13-2-1-3-15-17(13)26-12-25-15/h1-5,10H,6-9,11-12H2,(H,21,24). The van der Waals surface area contributed by atoms with Gasteiger partial charge >= 0.3 is 6.03 Å². The number of amides is 2. The van der Waals surface area contributed by atoms with Crippen LogP contribution in [0.4, 0.5) is 14.9 Å². The average molecular weight is 358 g/mol. The highest BCUT2D eigenvalue weighted by Crippen LogP contribution is 2.35. The predicted octanol–water partition coefficient (Wildman–Crippen LogP) is 1.98. The number of ether oxygens (including phenoxy) is 2. The van der Waals surface area contributed by atoms with Gasteiger partial charge in [0.05, 0.1) is 0 Å². The van der Waals surface area contributed by atoms with E-state index in [-0.39, 0.29) is 12.8 Å². The van der Waals surface area contributed by atoms with Crippen LogP contribution < -0.4 is 19.7 Å². The molecule has 0 unspecified atom stereocenters. The number of rotatable bonds is 3. The summed E-state index contributed by atoms with van der Waals surface area (Å²) in [5, 5.41) is 2.93. The maximum Gasteiger partial charge on any atom is 0.317 e. The molecule has 0 spiro atoms. The van der Waals surface area contributed by atoms with E-state index >= 15 is 0 Å². The molecule has 1 aromatic carbocycles. The van der Waals surface area contributed by atoms with Crippen molar-refractivity contribution in [2.75, 3.05) is 37.9 Å². The van der Waals surface area contributed by atoms with Gasteiger partial charge in [-0.05, 0) is 12.1 Å². The van der Waals surface area contributed by atoms with E-state index in [9.17, 15) is 9.18 Å². The lowest BCUT2D eigenvalue weighted by Gasteiger charge is -2.36. The van der Waals surface area contributed by atoms with E-state index in [4.69, 9.17) is 9.47 Å². The normalized spacial score (nSPS) is 15.9. The van der Waals surface area contributed by atoms with Gasteiger partial charge in [-0.15, -0.1) is 0 Å². The lowest BCUT2D eigenvalue weighted by molar-refractivity contribution is 0.173. The number of carbonyl (C=O) groups is 1. The van der Waals surface area contributed by atoms with Crippen LogP contribution in [0.3, 0.4) is 0 Å². The largest absolute Gasteiger partial charge is 0.454 e. The number of nitrogens with zero attached hydrogens (tertiary/aromatic N) is 3. The zero-order chi connectivity index (χ0) is 17.9. The maximum absolute atomic E-state index is 13.3. The molecule has 4 rings (SSSR count). The van der Waals surface area contributed by atoms with Crippen molar-refractivity contribution < 1.29 is 18.7 Å². The zero-order valence-electron chi connectivity index (χ0n) is 14.2. The molecule has 1 saturated heterocycles. The second-order valence-electron chi connectivity index (χ2n) is 6.12. The summed E-state index contributed by atoms with van der Waals surface area (Å²) < 4.78 is 24.0. The molecule has 1 aromatic heterocycles. The van der Waals surface area contributed by atoms with Gasteiger partial charge in [-0.1, -0.05) is 12.1 Å². The summed E-state index contributed by atoms with van der Waals surface area (Å²) in [6, 6.07) is 8.69. The van der Waals surface area contributed by atoms with Crippen LogP contribution in [0.15, 0.2) is 36.5 Å². The number of halogens is 1. The summed E-state index contributed by atoms with van der Waals surface area (Å²) >= 11 is 0. The number of nitrogens with one attached hydrogen (secondary N) is 1. The number of benzene rings is 1. The summed E-state index contributed by atoms with van der Waals surface area (Å²) in [6.45, 7) is 3.02. The minimum atomic E-state index is -0.496. The summed E-state index contributed by atoms with van der Waals surface area (Å²) in [4.78, 5) is 19.8. The molecule has 2 aromatic rings. The third-order valence-electron chi connectivity index (χ3n) is 4.55. The Labute approximate surface area is 150 Å². The average Bonchev–Trinajstić information content (AvgIpc) is 3.15. The molecule has 0 saturated carbocycles. The fraction of sp³-hybridized carbons (Fsp3) is 0.333. The lowest BCUT2D eigenvalue weighted by Crippen LogP contribution is -2.51. The quantitative estimate of drug-likeness (QED) is 0.850. The van der Waals surface area contributed by atoms with E-state index < -0.39 is 5.95 Å². The maximum atomic E-state index is 13.3. The molecule has 2 aliphatic heterocycles. The Hall–Kier alpha value is -3.03. The molecule has 1 fully saturated rings. The fourth-order valence-corrected chi connectivity index (χ4v) is 3.17. The van der Waals surface area contributed by atoms with Crippen molar-refractivity contribution in [3.63, 3.8) is 0 Å². The fourth-order valence-electron chi connectivity index (χ4n) is 3.17. The number of fused-ring (bicyclic) bond motifs is 1. The number of piperazine rings is 1. The van der Waals surface area contributed by atoms with Crippen LogP contribution in [0, 0.1) is 5.95 Å². The Kier molecular flexibility index (Phi) is 4.47. The van der Waals surface area contributed by atoms with E-state index in [1.165, 1.54) is 12.3 Å². The van der Waals surface area contributed by atoms with Crippen molar-refractivity contribution in [2.24, 2.45) is 0 Å². The first-order valence-corrected chi connectivity index (χ1v) is 8.47. The van der Waals surface area contributed by atoms with Crippen LogP contribution in [0.5, 0.6) is 11.5 Å². The number of anilines is 1. The zero-order valence-corrected chi connectivity index (χ0v) is 14.2. The van der Waals surface area contributed by atoms with Crippen LogP contribution in [0.1, 0.15) is 5.56 Å². The van der Waals surface area contributed by atoms with Crippen molar-refractivity contribution in [1.82, 2.24) is 15.2 Å². The van der Waals surface area contributed by atoms with E-state index in [0.717, 1.165) is 11.3 Å². The second kappa shape index (κ2) is 7.07. The number of aromatic nitrogens is 1. The van der Waals surface area contributed by atoms with Gasteiger partial charge in [-0.2, -0.15) is 4.39 Å². The summed E-state index contributed by atoms with van der Waals surface area (Å²) in [5.74, 6) is 0.900. The first-order chi connectivity index (χ1) is 12.7. The summed E-state index contributed by atoms with van der Waals surface area (Å²) in [6.07, 6.45) is 1.45. The van der Waals surface area contributed by atoms with Gasteiger partial charge in [-0.3, -0.25) is 0 Å². The smallest absolute Gasteiger partial charge is 0.317 e. The third-order valence-corrected chi connectivity index (χ3v) is 4.55. The highest BCUT2D eigenvalue weighted by Gasteiger charge is 2.22. The van der Waals surface area contributed by atoms with Gasteiger partial charge < -0.3 is 24.6 Å². The van der Waals surface area contributed by atoms with Crippen molar-refractivity contribution in [3.05, 3.63) is 48.0 Å².